The Labute approximate surface area is 201 Å². The van der Waals surface area contributed by atoms with E-state index in [0.717, 1.165) is 55.6 Å². The largest absolute Gasteiger partial charge is 0.374 e. The molecular formula is C27H23N7O. The molecular weight excluding hydrogens is 438 g/mol. The van der Waals surface area contributed by atoms with E-state index in [9.17, 15) is 5.11 Å². The standard InChI is InChI=1S/C27H23N7O/c1-2-24(35)30-19-12-18(14-29-15-19)17-6-7-22-21(13-17)26(34-33-22)27-31-23-5-3-4-20(25(23)32-27)16-8-10-28-11-9-16/h3-15,24,30,35H,2H2,1H3,(H,31,32)(H,33,34). The minimum absolute atomic E-state index is 0.606. The number of imidazole rings is 1. The van der Waals surface area contributed by atoms with Crippen LogP contribution >= 0.6 is 0 Å². The molecule has 172 valence electrons. The van der Waals surface area contributed by atoms with Crippen molar-refractivity contribution in [3.8, 4) is 33.8 Å². The van der Waals surface area contributed by atoms with Crippen molar-refractivity contribution in [1.29, 1.82) is 0 Å². The maximum Gasteiger partial charge on any atom is 0.159 e. The highest BCUT2D eigenvalue weighted by Crippen LogP contribution is 2.33. The first kappa shape index (κ1) is 21.0. The molecule has 0 fully saturated rings. The molecule has 0 aliphatic carbocycles. The van der Waals surface area contributed by atoms with Gasteiger partial charge in [0.15, 0.2) is 5.82 Å². The summed E-state index contributed by atoms with van der Waals surface area (Å²) in [5, 5.41) is 21.7. The Morgan fingerprint density at radius 1 is 0.914 bits per heavy atom. The van der Waals surface area contributed by atoms with Crippen LogP contribution in [0.15, 0.2) is 79.4 Å². The second kappa shape index (κ2) is 8.66. The van der Waals surface area contributed by atoms with E-state index in [2.05, 4.69) is 42.6 Å². The van der Waals surface area contributed by atoms with Crippen LogP contribution in [0.2, 0.25) is 0 Å². The topological polar surface area (TPSA) is 115 Å². The molecule has 6 aromatic rings. The summed E-state index contributed by atoms with van der Waals surface area (Å²) in [6.45, 7) is 1.92. The first-order valence-electron chi connectivity index (χ1n) is 11.5. The molecule has 6 rings (SSSR count). The molecule has 4 heterocycles. The lowest BCUT2D eigenvalue weighted by atomic mass is 10.0. The number of aliphatic hydroxyl groups excluding tert-OH is 1. The Balaban J connectivity index is 1.43. The van der Waals surface area contributed by atoms with Crippen molar-refractivity contribution in [2.75, 3.05) is 5.32 Å². The van der Waals surface area contributed by atoms with Gasteiger partial charge in [-0.2, -0.15) is 5.10 Å². The number of aliphatic hydroxyl groups is 1. The van der Waals surface area contributed by atoms with Crippen LogP contribution in [0.3, 0.4) is 0 Å². The Hall–Kier alpha value is -4.56. The number of para-hydroxylation sites is 1. The zero-order valence-electron chi connectivity index (χ0n) is 19.0. The predicted molar refractivity (Wildman–Crippen MR) is 138 cm³/mol. The van der Waals surface area contributed by atoms with Crippen molar-refractivity contribution in [2.45, 2.75) is 19.6 Å². The third-order valence-corrected chi connectivity index (χ3v) is 6.08. The number of fused-ring (bicyclic) bond motifs is 2. The van der Waals surface area contributed by atoms with E-state index in [0.29, 0.717) is 12.2 Å². The summed E-state index contributed by atoms with van der Waals surface area (Å²) in [6.07, 6.45) is 7.08. The minimum atomic E-state index is -0.611. The molecule has 35 heavy (non-hydrogen) atoms. The van der Waals surface area contributed by atoms with Gasteiger partial charge in [0.2, 0.25) is 0 Å². The number of rotatable bonds is 6. The van der Waals surface area contributed by atoms with E-state index >= 15 is 0 Å². The average Bonchev–Trinajstić information content (AvgIpc) is 3.53. The van der Waals surface area contributed by atoms with Gasteiger partial charge in [0.25, 0.3) is 0 Å². The molecule has 4 N–H and O–H groups in total. The highest BCUT2D eigenvalue weighted by Gasteiger charge is 2.16. The molecule has 0 saturated heterocycles. The zero-order valence-corrected chi connectivity index (χ0v) is 19.0. The SMILES string of the molecule is CCC(O)Nc1cncc(-c2ccc3[nH]nc(-c4nc5c(-c6ccncc6)cccc5[nH]4)c3c2)c1. The van der Waals surface area contributed by atoms with Crippen LogP contribution in [0, 0.1) is 0 Å². The van der Waals surface area contributed by atoms with Gasteiger partial charge < -0.3 is 15.4 Å². The lowest BCUT2D eigenvalue weighted by Gasteiger charge is -2.12. The second-order valence-corrected chi connectivity index (χ2v) is 8.39. The van der Waals surface area contributed by atoms with Gasteiger partial charge in [0.05, 0.1) is 28.4 Å². The Morgan fingerprint density at radius 3 is 2.66 bits per heavy atom. The van der Waals surface area contributed by atoms with Gasteiger partial charge in [-0.1, -0.05) is 25.1 Å². The molecule has 0 spiro atoms. The van der Waals surface area contributed by atoms with Gasteiger partial charge in [-0.25, -0.2) is 4.98 Å². The Morgan fingerprint density at radius 2 is 1.80 bits per heavy atom. The van der Waals surface area contributed by atoms with Crippen LogP contribution in [0.5, 0.6) is 0 Å². The summed E-state index contributed by atoms with van der Waals surface area (Å²) < 4.78 is 0. The Bertz CT molecular complexity index is 1640. The molecule has 1 atom stereocenters. The van der Waals surface area contributed by atoms with Crippen molar-refractivity contribution >= 4 is 27.6 Å². The van der Waals surface area contributed by atoms with E-state index in [4.69, 9.17) is 4.98 Å². The maximum absolute atomic E-state index is 9.94. The maximum atomic E-state index is 9.94. The van der Waals surface area contributed by atoms with Gasteiger partial charge in [-0.15, -0.1) is 0 Å². The number of benzene rings is 2. The summed E-state index contributed by atoms with van der Waals surface area (Å²) in [7, 11) is 0. The fourth-order valence-corrected chi connectivity index (χ4v) is 4.25. The second-order valence-electron chi connectivity index (χ2n) is 8.39. The molecule has 0 aliphatic rings. The first-order valence-corrected chi connectivity index (χ1v) is 11.5. The van der Waals surface area contributed by atoms with E-state index in [1.165, 1.54) is 0 Å². The average molecular weight is 462 g/mol. The van der Waals surface area contributed by atoms with Crippen molar-refractivity contribution < 1.29 is 5.11 Å². The third kappa shape index (κ3) is 3.89. The smallest absolute Gasteiger partial charge is 0.159 e. The summed E-state index contributed by atoms with van der Waals surface area (Å²) in [4.78, 5) is 16.8. The summed E-state index contributed by atoms with van der Waals surface area (Å²) in [5.74, 6) is 0.699. The quantitative estimate of drug-likeness (QED) is 0.248. The number of hydrogen-bond acceptors (Lipinski definition) is 6. The van der Waals surface area contributed by atoms with E-state index < -0.39 is 6.23 Å². The van der Waals surface area contributed by atoms with Gasteiger partial charge in [-0.05, 0) is 53.9 Å². The van der Waals surface area contributed by atoms with Crippen molar-refractivity contribution in [3.63, 3.8) is 0 Å². The molecule has 0 amide bonds. The van der Waals surface area contributed by atoms with E-state index in [1.54, 1.807) is 18.6 Å². The zero-order chi connectivity index (χ0) is 23.8. The normalized spacial score (nSPS) is 12.3. The number of aromatic amines is 2. The van der Waals surface area contributed by atoms with E-state index in [1.807, 2.05) is 55.6 Å². The number of anilines is 1. The van der Waals surface area contributed by atoms with Crippen LogP contribution in [0.1, 0.15) is 13.3 Å². The highest BCUT2D eigenvalue weighted by molar-refractivity contribution is 5.98. The van der Waals surface area contributed by atoms with Crippen molar-refractivity contribution in [1.82, 2.24) is 30.1 Å². The van der Waals surface area contributed by atoms with Gasteiger partial charge in [0.1, 0.15) is 11.9 Å². The number of nitrogens with zero attached hydrogens (tertiary/aromatic N) is 4. The Kier molecular flexibility index (Phi) is 5.20. The minimum Gasteiger partial charge on any atom is -0.374 e. The fourth-order valence-electron chi connectivity index (χ4n) is 4.25. The lowest BCUT2D eigenvalue weighted by Crippen LogP contribution is -2.16. The van der Waals surface area contributed by atoms with Gasteiger partial charge >= 0.3 is 0 Å². The fraction of sp³-hybridized carbons (Fsp3) is 0.111. The molecule has 0 radical (unpaired) electrons. The van der Waals surface area contributed by atoms with Crippen LogP contribution in [-0.4, -0.2) is 41.5 Å². The van der Waals surface area contributed by atoms with Crippen LogP contribution in [0.25, 0.3) is 55.7 Å². The number of aromatic nitrogens is 6. The van der Waals surface area contributed by atoms with Crippen molar-refractivity contribution in [3.05, 3.63) is 79.4 Å². The third-order valence-electron chi connectivity index (χ3n) is 6.08. The molecule has 8 nitrogen and oxygen atoms in total. The molecule has 0 bridgehead atoms. The molecule has 1 unspecified atom stereocenters. The summed E-state index contributed by atoms with van der Waals surface area (Å²) in [5.41, 5.74) is 8.31. The first-order chi connectivity index (χ1) is 17.2. The lowest BCUT2D eigenvalue weighted by molar-refractivity contribution is 0.199. The van der Waals surface area contributed by atoms with E-state index in [-0.39, 0.29) is 0 Å². The summed E-state index contributed by atoms with van der Waals surface area (Å²) >= 11 is 0. The van der Waals surface area contributed by atoms with Gasteiger partial charge in [-0.3, -0.25) is 15.1 Å². The number of hydrogen-bond donors (Lipinski definition) is 4. The highest BCUT2D eigenvalue weighted by atomic mass is 16.3. The molecule has 2 aromatic carbocycles. The predicted octanol–water partition coefficient (Wildman–Crippen LogP) is 5.37. The van der Waals surface area contributed by atoms with Crippen molar-refractivity contribution in [2.24, 2.45) is 0 Å². The summed E-state index contributed by atoms with van der Waals surface area (Å²) in [6, 6.07) is 18.2. The van der Waals surface area contributed by atoms with Gasteiger partial charge in [0, 0.05) is 35.1 Å². The number of nitrogens with one attached hydrogen (secondary N) is 3. The molecule has 0 aliphatic heterocycles. The molecule has 0 saturated carbocycles. The molecule has 4 aromatic heterocycles. The molecule has 8 heteroatoms. The monoisotopic (exact) mass is 461 g/mol. The van der Waals surface area contributed by atoms with Crippen LogP contribution in [0.4, 0.5) is 5.69 Å². The number of H-pyrrole nitrogens is 2. The number of pyridine rings is 2. The van der Waals surface area contributed by atoms with Crippen LogP contribution in [-0.2, 0) is 0 Å². The van der Waals surface area contributed by atoms with Crippen LogP contribution < -0.4 is 5.32 Å².